The summed E-state index contributed by atoms with van der Waals surface area (Å²) >= 11 is 0. The highest BCUT2D eigenvalue weighted by atomic mass is 15.1. The maximum Gasteiger partial charge on any atom is 0.122 e. The highest BCUT2D eigenvalue weighted by Gasteiger charge is 2.09. The standard InChI is InChI=1S/C14H19N3/c1-10-5-6-12(11(2)7-10)13-8-16-14(9-15-3)17(13)4/h5-8,15H,9H2,1-4H3. The third-order valence-electron chi connectivity index (χ3n) is 3.08. The lowest BCUT2D eigenvalue weighted by molar-refractivity contribution is 0.712. The smallest absolute Gasteiger partial charge is 0.122 e. The van der Waals surface area contributed by atoms with E-state index < -0.39 is 0 Å². The molecular weight excluding hydrogens is 210 g/mol. The van der Waals surface area contributed by atoms with Crippen LogP contribution in [0.25, 0.3) is 11.3 Å². The van der Waals surface area contributed by atoms with Gasteiger partial charge in [-0.1, -0.05) is 23.8 Å². The Hall–Kier alpha value is -1.61. The molecule has 90 valence electrons. The highest BCUT2D eigenvalue weighted by Crippen LogP contribution is 2.24. The number of nitrogens with zero attached hydrogens (tertiary/aromatic N) is 2. The number of nitrogens with one attached hydrogen (secondary N) is 1. The van der Waals surface area contributed by atoms with Crippen molar-refractivity contribution in [2.24, 2.45) is 7.05 Å². The molecule has 17 heavy (non-hydrogen) atoms. The van der Waals surface area contributed by atoms with Gasteiger partial charge in [-0.2, -0.15) is 0 Å². The van der Waals surface area contributed by atoms with Crippen molar-refractivity contribution in [1.29, 1.82) is 0 Å². The summed E-state index contributed by atoms with van der Waals surface area (Å²) in [4.78, 5) is 4.45. The van der Waals surface area contributed by atoms with E-state index in [0.29, 0.717) is 0 Å². The first-order chi connectivity index (χ1) is 8.13. The number of benzene rings is 1. The van der Waals surface area contributed by atoms with Crippen LogP contribution in [0, 0.1) is 13.8 Å². The monoisotopic (exact) mass is 229 g/mol. The van der Waals surface area contributed by atoms with Crippen molar-refractivity contribution in [2.75, 3.05) is 7.05 Å². The van der Waals surface area contributed by atoms with Gasteiger partial charge < -0.3 is 9.88 Å². The predicted molar refractivity (Wildman–Crippen MR) is 70.9 cm³/mol. The highest BCUT2D eigenvalue weighted by molar-refractivity contribution is 5.64. The summed E-state index contributed by atoms with van der Waals surface area (Å²) in [5, 5.41) is 3.13. The second kappa shape index (κ2) is 4.72. The molecule has 0 saturated heterocycles. The number of aryl methyl sites for hydroxylation is 2. The first-order valence-electron chi connectivity index (χ1n) is 5.86. The average Bonchev–Trinajstić information content (AvgIpc) is 2.62. The fourth-order valence-corrected chi connectivity index (χ4v) is 2.12. The van der Waals surface area contributed by atoms with Crippen molar-refractivity contribution in [3.05, 3.63) is 41.3 Å². The summed E-state index contributed by atoms with van der Waals surface area (Å²) in [5.74, 6) is 1.06. The van der Waals surface area contributed by atoms with Gasteiger partial charge in [-0.05, 0) is 26.5 Å². The molecule has 0 aliphatic heterocycles. The molecule has 0 saturated carbocycles. The van der Waals surface area contributed by atoms with Gasteiger partial charge in [-0.25, -0.2) is 4.98 Å². The summed E-state index contributed by atoms with van der Waals surface area (Å²) in [7, 11) is 4.00. The van der Waals surface area contributed by atoms with E-state index in [0.717, 1.165) is 12.4 Å². The predicted octanol–water partition coefficient (Wildman–Crippen LogP) is 2.42. The van der Waals surface area contributed by atoms with Crippen LogP contribution in [0.2, 0.25) is 0 Å². The molecule has 0 atom stereocenters. The molecule has 0 aliphatic carbocycles. The van der Waals surface area contributed by atoms with Gasteiger partial charge >= 0.3 is 0 Å². The summed E-state index contributed by atoms with van der Waals surface area (Å²) in [6.45, 7) is 5.06. The van der Waals surface area contributed by atoms with Crippen LogP contribution in [0.1, 0.15) is 17.0 Å². The van der Waals surface area contributed by atoms with Crippen LogP contribution >= 0.6 is 0 Å². The maximum atomic E-state index is 4.45. The molecule has 2 aromatic rings. The molecule has 3 heteroatoms. The Morgan fingerprint density at radius 2 is 2.06 bits per heavy atom. The number of imidazole rings is 1. The van der Waals surface area contributed by atoms with E-state index in [4.69, 9.17) is 0 Å². The van der Waals surface area contributed by atoms with E-state index in [9.17, 15) is 0 Å². The van der Waals surface area contributed by atoms with Crippen molar-refractivity contribution < 1.29 is 0 Å². The SMILES string of the molecule is CNCc1ncc(-c2ccc(C)cc2C)n1C. The summed E-state index contributed by atoms with van der Waals surface area (Å²) < 4.78 is 2.15. The van der Waals surface area contributed by atoms with Crippen LogP contribution in [0.4, 0.5) is 0 Å². The van der Waals surface area contributed by atoms with Crippen molar-refractivity contribution in [1.82, 2.24) is 14.9 Å². The van der Waals surface area contributed by atoms with Crippen molar-refractivity contribution in [2.45, 2.75) is 20.4 Å². The van der Waals surface area contributed by atoms with Gasteiger partial charge in [0.15, 0.2) is 0 Å². The van der Waals surface area contributed by atoms with Crippen LogP contribution in [0.3, 0.4) is 0 Å². The average molecular weight is 229 g/mol. The molecule has 0 aliphatic rings. The molecule has 0 amide bonds. The molecule has 0 unspecified atom stereocenters. The molecule has 0 spiro atoms. The molecule has 1 heterocycles. The van der Waals surface area contributed by atoms with Crippen LogP contribution in [-0.2, 0) is 13.6 Å². The van der Waals surface area contributed by atoms with Gasteiger partial charge in [-0.3, -0.25) is 0 Å². The fraction of sp³-hybridized carbons (Fsp3) is 0.357. The summed E-state index contributed by atoms with van der Waals surface area (Å²) in [6.07, 6.45) is 1.95. The normalized spacial score (nSPS) is 10.8. The van der Waals surface area contributed by atoms with E-state index in [-0.39, 0.29) is 0 Å². The fourth-order valence-electron chi connectivity index (χ4n) is 2.12. The summed E-state index contributed by atoms with van der Waals surface area (Å²) in [5.41, 5.74) is 5.02. The Bertz CT molecular complexity index is 526. The number of rotatable bonds is 3. The lowest BCUT2D eigenvalue weighted by Crippen LogP contribution is -2.10. The minimum Gasteiger partial charge on any atom is -0.330 e. The first-order valence-corrected chi connectivity index (χ1v) is 5.86. The Morgan fingerprint density at radius 1 is 1.29 bits per heavy atom. The van der Waals surface area contributed by atoms with Crippen LogP contribution in [0.15, 0.2) is 24.4 Å². The second-order valence-corrected chi connectivity index (χ2v) is 4.47. The van der Waals surface area contributed by atoms with Crippen LogP contribution in [0.5, 0.6) is 0 Å². The van der Waals surface area contributed by atoms with Crippen molar-refractivity contribution in [3.63, 3.8) is 0 Å². The van der Waals surface area contributed by atoms with E-state index >= 15 is 0 Å². The third-order valence-corrected chi connectivity index (χ3v) is 3.08. The third kappa shape index (κ3) is 2.24. The second-order valence-electron chi connectivity index (χ2n) is 4.47. The Kier molecular flexibility index (Phi) is 3.29. The molecule has 0 radical (unpaired) electrons. The van der Waals surface area contributed by atoms with Crippen molar-refractivity contribution in [3.8, 4) is 11.3 Å². The Morgan fingerprint density at radius 3 is 2.71 bits per heavy atom. The van der Waals surface area contributed by atoms with Gasteiger partial charge in [0.1, 0.15) is 5.82 Å². The topological polar surface area (TPSA) is 29.9 Å². The number of hydrogen-bond acceptors (Lipinski definition) is 2. The number of aromatic nitrogens is 2. The van der Waals surface area contributed by atoms with Gasteiger partial charge in [0.2, 0.25) is 0 Å². The van der Waals surface area contributed by atoms with E-state index in [1.807, 2.05) is 13.2 Å². The van der Waals surface area contributed by atoms with Gasteiger partial charge in [-0.15, -0.1) is 0 Å². The van der Waals surface area contributed by atoms with Gasteiger partial charge in [0.25, 0.3) is 0 Å². The largest absolute Gasteiger partial charge is 0.330 e. The van der Waals surface area contributed by atoms with Crippen LogP contribution in [-0.4, -0.2) is 16.6 Å². The zero-order chi connectivity index (χ0) is 12.4. The van der Waals surface area contributed by atoms with E-state index in [1.165, 1.54) is 22.4 Å². The lowest BCUT2D eigenvalue weighted by Gasteiger charge is -2.09. The van der Waals surface area contributed by atoms with E-state index in [1.54, 1.807) is 0 Å². The lowest BCUT2D eigenvalue weighted by atomic mass is 10.0. The minimum atomic E-state index is 0.793. The molecule has 1 aromatic heterocycles. The first kappa shape index (κ1) is 11.9. The molecule has 0 fully saturated rings. The molecule has 1 aromatic carbocycles. The maximum absolute atomic E-state index is 4.45. The quantitative estimate of drug-likeness (QED) is 0.876. The Balaban J connectivity index is 2.46. The molecule has 2 rings (SSSR count). The van der Waals surface area contributed by atoms with E-state index in [2.05, 4.69) is 54.0 Å². The molecule has 3 nitrogen and oxygen atoms in total. The molecule has 0 bridgehead atoms. The van der Waals surface area contributed by atoms with Gasteiger partial charge in [0.05, 0.1) is 18.4 Å². The van der Waals surface area contributed by atoms with Gasteiger partial charge in [0, 0.05) is 12.6 Å². The Labute approximate surface area is 103 Å². The zero-order valence-electron chi connectivity index (χ0n) is 10.9. The van der Waals surface area contributed by atoms with Crippen LogP contribution < -0.4 is 5.32 Å². The zero-order valence-corrected chi connectivity index (χ0v) is 10.9. The molecule has 1 N–H and O–H groups in total. The minimum absolute atomic E-state index is 0.793. The summed E-state index contributed by atoms with van der Waals surface area (Å²) in [6, 6.07) is 6.53. The molecular formula is C14H19N3. The number of hydrogen-bond donors (Lipinski definition) is 1. The van der Waals surface area contributed by atoms with Crippen molar-refractivity contribution >= 4 is 0 Å².